The summed E-state index contributed by atoms with van der Waals surface area (Å²) in [5, 5.41) is 0. The Balaban J connectivity index is 3.15. The topological polar surface area (TPSA) is 65.2 Å². The summed E-state index contributed by atoms with van der Waals surface area (Å²) in [4.78, 5) is 14.0. The molecule has 0 amide bonds. The summed E-state index contributed by atoms with van der Waals surface area (Å²) in [7, 11) is 1.11. The van der Waals surface area contributed by atoms with Crippen molar-refractivity contribution >= 4 is 11.7 Å². The number of anilines is 1. The Morgan fingerprint density at radius 3 is 2.53 bits per heavy atom. The molecule has 0 unspecified atom stereocenters. The van der Waals surface area contributed by atoms with E-state index in [1.54, 1.807) is 0 Å². The van der Waals surface area contributed by atoms with E-state index in [9.17, 15) is 18.0 Å². The summed E-state index contributed by atoms with van der Waals surface area (Å²) in [5.41, 5.74) is 3.17. The minimum Gasteiger partial charge on any atom is -0.465 e. The summed E-state index contributed by atoms with van der Waals surface area (Å²) in [6.45, 7) is 0. The van der Waals surface area contributed by atoms with Gasteiger partial charge < -0.3 is 10.5 Å². The standard InChI is InChI=1S/C8H7F3N2O2/c1-15-7(14)4-2-5(12)6(13-3-4)8(9,10)11/h2-3H,12H2,1H3. The average Bonchev–Trinajstić information content (AvgIpc) is 2.14. The molecule has 0 saturated carbocycles. The number of nitrogen functional groups attached to an aromatic ring is 1. The van der Waals surface area contributed by atoms with Gasteiger partial charge in [0.1, 0.15) is 0 Å². The molecule has 0 aliphatic rings. The van der Waals surface area contributed by atoms with Crippen molar-refractivity contribution in [2.24, 2.45) is 0 Å². The van der Waals surface area contributed by atoms with Crippen LogP contribution in [0.1, 0.15) is 16.1 Å². The van der Waals surface area contributed by atoms with Crippen molar-refractivity contribution in [2.75, 3.05) is 12.8 Å². The summed E-state index contributed by atoms with van der Waals surface area (Å²) in [6.07, 6.45) is -3.86. The van der Waals surface area contributed by atoms with Crippen molar-refractivity contribution in [2.45, 2.75) is 6.18 Å². The van der Waals surface area contributed by atoms with Gasteiger partial charge in [0.2, 0.25) is 0 Å². The Kier molecular flexibility index (Phi) is 2.83. The zero-order valence-electron chi connectivity index (χ0n) is 7.63. The minimum atomic E-state index is -4.63. The highest BCUT2D eigenvalue weighted by Crippen LogP contribution is 2.31. The number of esters is 1. The molecule has 0 spiro atoms. The highest BCUT2D eigenvalue weighted by molar-refractivity contribution is 5.90. The van der Waals surface area contributed by atoms with Crippen LogP contribution in [0, 0.1) is 0 Å². The lowest BCUT2D eigenvalue weighted by Gasteiger charge is -2.09. The van der Waals surface area contributed by atoms with Crippen LogP contribution in [-0.2, 0) is 10.9 Å². The fraction of sp³-hybridized carbons (Fsp3) is 0.250. The van der Waals surface area contributed by atoms with Crippen LogP contribution in [0.3, 0.4) is 0 Å². The lowest BCUT2D eigenvalue weighted by Crippen LogP contribution is -2.13. The number of pyridine rings is 1. The Morgan fingerprint density at radius 2 is 2.13 bits per heavy atom. The van der Waals surface area contributed by atoms with Gasteiger partial charge in [-0.05, 0) is 6.07 Å². The second kappa shape index (κ2) is 3.76. The number of carbonyl (C=O) groups excluding carboxylic acids is 1. The van der Waals surface area contributed by atoms with Gasteiger partial charge in [0, 0.05) is 6.20 Å². The smallest absolute Gasteiger partial charge is 0.435 e. The van der Waals surface area contributed by atoms with Crippen molar-refractivity contribution in [3.63, 3.8) is 0 Å². The third-order valence-electron chi connectivity index (χ3n) is 1.61. The molecule has 0 fully saturated rings. The van der Waals surface area contributed by atoms with E-state index < -0.39 is 23.5 Å². The van der Waals surface area contributed by atoms with Crippen LogP contribution in [0.5, 0.6) is 0 Å². The molecule has 82 valence electrons. The van der Waals surface area contributed by atoms with Crippen molar-refractivity contribution in [3.05, 3.63) is 23.5 Å². The first-order valence-electron chi connectivity index (χ1n) is 3.77. The molecule has 0 atom stereocenters. The molecule has 7 heteroatoms. The number of aromatic nitrogens is 1. The van der Waals surface area contributed by atoms with Crippen molar-refractivity contribution in [1.29, 1.82) is 0 Å². The SMILES string of the molecule is COC(=O)c1cnc(C(F)(F)F)c(N)c1. The first-order chi connectivity index (χ1) is 6.86. The normalized spacial score (nSPS) is 11.2. The number of alkyl halides is 3. The molecule has 0 aliphatic heterocycles. The van der Waals surface area contributed by atoms with Gasteiger partial charge in [-0.2, -0.15) is 13.2 Å². The summed E-state index contributed by atoms with van der Waals surface area (Å²) in [5.74, 6) is -0.789. The van der Waals surface area contributed by atoms with Crippen LogP contribution in [0.15, 0.2) is 12.3 Å². The molecule has 1 aromatic rings. The monoisotopic (exact) mass is 220 g/mol. The maximum atomic E-state index is 12.2. The fourth-order valence-corrected chi connectivity index (χ4v) is 0.948. The minimum absolute atomic E-state index is 0.122. The van der Waals surface area contributed by atoms with Crippen molar-refractivity contribution < 1.29 is 22.7 Å². The molecule has 0 bridgehead atoms. The first kappa shape index (κ1) is 11.3. The van der Waals surface area contributed by atoms with Crippen LogP contribution >= 0.6 is 0 Å². The second-order valence-electron chi connectivity index (χ2n) is 2.65. The van der Waals surface area contributed by atoms with E-state index in [-0.39, 0.29) is 5.56 Å². The van der Waals surface area contributed by atoms with Gasteiger partial charge in [-0.3, -0.25) is 0 Å². The molecule has 1 rings (SSSR count). The number of nitrogens with zero attached hydrogens (tertiary/aromatic N) is 1. The van der Waals surface area contributed by atoms with Gasteiger partial charge in [-0.1, -0.05) is 0 Å². The van der Waals surface area contributed by atoms with Crippen LogP contribution in [-0.4, -0.2) is 18.1 Å². The second-order valence-corrected chi connectivity index (χ2v) is 2.65. The van der Waals surface area contributed by atoms with Gasteiger partial charge in [0.15, 0.2) is 5.69 Å². The fourth-order valence-electron chi connectivity index (χ4n) is 0.948. The first-order valence-corrected chi connectivity index (χ1v) is 3.77. The van der Waals surface area contributed by atoms with E-state index in [4.69, 9.17) is 5.73 Å². The highest BCUT2D eigenvalue weighted by atomic mass is 19.4. The summed E-state index contributed by atoms with van der Waals surface area (Å²) < 4.78 is 40.9. The maximum Gasteiger partial charge on any atom is 0.435 e. The number of carbonyl (C=O) groups is 1. The van der Waals surface area contributed by atoms with Crippen LogP contribution in [0.2, 0.25) is 0 Å². The molecule has 0 saturated heterocycles. The largest absolute Gasteiger partial charge is 0.465 e. The molecule has 4 nitrogen and oxygen atoms in total. The maximum absolute atomic E-state index is 12.2. The van der Waals surface area contributed by atoms with Gasteiger partial charge in [0.25, 0.3) is 0 Å². The Hall–Kier alpha value is -1.79. The number of methoxy groups -OCH3 is 1. The lowest BCUT2D eigenvalue weighted by atomic mass is 10.2. The van der Waals surface area contributed by atoms with Crippen LogP contribution in [0.4, 0.5) is 18.9 Å². The Bertz CT molecular complexity index is 390. The zero-order chi connectivity index (χ0) is 11.6. The molecule has 1 heterocycles. The van der Waals surface area contributed by atoms with E-state index in [0.29, 0.717) is 0 Å². The average molecular weight is 220 g/mol. The summed E-state index contributed by atoms with van der Waals surface area (Å²) >= 11 is 0. The third kappa shape index (κ3) is 2.36. The number of hydrogen-bond acceptors (Lipinski definition) is 4. The number of hydrogen-bond donors (Lipinski definition) is 1. The van der Waals surface area contributed by atoms with E-state index >= 15 is 0 Å². The number of rotatable bonds is 1. The zero-order valence-corrected chi connectivity index (χ0v) is 7.63. The Morgan fingerprint density at radius 1 is 1.53 bits per heavy atom. The quantitative estimate of drug-likeness (QED) is 0.728. The van der Waals surface area contributed by atoms with E-state index in [1.165, 1.54) is 0 Å². The molecular weight excluding hydrogens is 213 g/mol. The van der Waals surface area contributed by atoms with Crippen LogP contribution < -0.4 is 5.73 Å². The molecule has 15 heavy (non-hydrogen) atoms. The number of nitrogens with two attached hydrogens (primary N) is 1. The third-order valence-corrected chi connectivity index (χ3v) is 1.61. The van der Waals surface area contributed by atoms with Crippen molar-refractivity contribution in [3.8, 4) is 0 Å². The lowest BCUT2D eigenvalue weighted by molar-refractivity contribution is -0.140. The summed E-state index contributed by atoms with van der Waals surface area (Å²) in [6, 6.07) is 0.877. The Labute approximate surface area is 82.9 Å². The van der Waals surface area contributed by atoms with Gasteiger partial charge in [0.05, 0.1) is 18.4 Å². The van der Waals surface area contributed by atoms with Gasteiger partial charge in [-0.15, -0.1) is 0 Å². The molecule has 1 aromatic heterocycles. The van der Waals surface area contributed by atoms with E-state index in [0.717, 1.165) is 19.4 Å². The predicted octanol–water partition coefficient (Wildman–Crippen LogP) is 1.47. The van der Waals surface area contributed by atoms with Crippen LogP contribution in [0.25, 0.3) is 0 Å². The van der Waals surface area contributed by atoms with Gasteiger partial charge in [-0.25, -0.2) is 9.78 Å². The molecule has 0 aromatic carbocycles. The van der Waals surface area contributed by atoms with Crippen molar-refractivity contribution in [1.82, 2.24) is 4.98 Å². The van der Waals surface area contributed by atoms with E-state index in [2.05, 4.69) is 9.72 Å². The molecule has 0 aliphatic carbocycles. The number of halogens is 3. The number of ether oxygens (including phenoxy) is 1. The molecule has 0 radical (unpaired) electrons. The highest BCUT2D eigenvalue weighted by Gasteiger charge is 2.35. The predicted molar refractivity (Wildman–Crippen MR) is 45.0 cm³/mol. The van der Waals surface area contributed by atoms with Gasteiger partial charge >= 0.3 is 12.1 Å². The molecule has 2 N–H and O–H groups in total. The molecular formula is C8H7F3N2O2. The van der Waals surface area contributed by atoms with E-state index in [1.807, 2.05) is 0 Å².